The number of aromatic nitrogens is 2. The Labute approximate surface area is 105 Å². The summed E-state index contributed by atoms with van der Waals surface area (Å²) >= 11 is 5.82. The van der Waals surface area contributed by atoms with Crippen molar-refractivity contribution >= 4 is 11.6 Å². The van der Waals surface area contributed by atoms with Gasteiger partial charge in [-0.3, -0.25) is 0 Å². The number of rotatable bonds is 3. The summed E-state index contributed by atoms with van der Waals surface area (Å²) in [4.78, 5) is 0. The molecule has 90 valence electrons. The highest BCUT2D eigenvalue weighted by atomic mass is 35.5. The third-order valence-corrected chi connectivity index (χ3v) is 2.92. The quantitative estimate of drug-likeness (QED) is 0.758. The number of hydrogen-bond acceptors (Lipinski definition) is 1. The predicted molar refractivity (Wildman–Crippen MR) is 67.2 cm³/mol. The zero-order valence-corrected chi connectivity index (χ0v) is 10.6. The van der Waals surface area contributed by atoms with E-state index in [1.54, 1.807) is 10.7 Å². The average Bonchev–Trinajstić information content (AvgIpc) is 2.78. The van der Waals surface area contributed by atoms with Gasteiger partial charge in [-0.1, -0.05) is 13.8 Å². The van der Waals surface area contributed by atoms with Crippen molar-refractivity contribution < 1.29 is 4.39 Å². The average molecular weight is 253 g/mol. The molecule has 0 saturated carbocycles. The zero-order chi connectivity index (χ0) is 12.4. The molecule has 0 atom stereocenters. The van der Waals surface area contributed by atoms with Crippen molar-refractivity contribution in [2.75, 3.05) is 0 Å². The van der Waals surface area contributed by atoms with Crippen LogP contribution in [-0.4, -0.2) is 9.78 Å². The van der Waals surface area contributed by atoms with Crippen molar-refractivity contribution in [3.05, 3.63) is 47.5 Å². The van der Waals surface area contributed by atoms with E-state index in [-0.39, 0.29) is 11.7 Å². The lowest BCUT2D eigenvalue weighted by Gasteiger charge is -2.07. The number of alkyl halides is 1. The van der Waals surface area contributed by atoms with Crippen LogP contribution in [0, 0.1) is 5.82 Å². The number of hydrogen-bond donors (Lipinski definition) is 0. The molecule has 0 N–H and O–H groups in total. The molecule has 0 aliphatic rings. The monoisotopic (exact) mass is 252 g/mol. The second-order valence-electron chi connectivity index (χ2n) is 4.25. The molecule has 2 aromatic rings. The summed E-state index contributed by atoms with van der Waals surface area (Å²) < 4.78 is 14.8. The SMILES string of the molecule is CC(C)c1ccn(-c2ccc(F)cc2CCl)n1. The summed E-state index contributed by atoms with van der Waals surface area (Å²) in [5, 5.41) is 4.45. The maximum absolute atomic E-state index is 13.1. The molecular weight excluding hydrogens is 239 g/mol. The van der Waals surface area contributed by atoms with Gasteiger partial charge in [0.05, 0.1) is 11.4 Å². The van der Waals surface area contributed by atoms with Gasteiger partial charge >= 0.3 is 0 Å². The second kappa shape index (κ2) is 4.88. The summed E-state index contributed by atoms with van der Waals surface area (Å²) in [6.45, 7) is 4.17. The maximum Gasteiger partial charge on any atom is 0.123 e. The van der Waals surface area contributed by atoms with Gasteiger partial charge in [-0.25, -0.2) is 9.07 Å². The van der Waals surface area contributed by atoms with E-state index in [0.717, 1.165) is 16.9 Å². The van der Waals surface area contributed by atoms with Gasteiger partial charge in [-0.2, -0.15) is 5.10 Å². The third kappa shape index (κ3) is 2.50. The Bertz CT molecular complexity index is 520. The van der Waals surface area contributed by atoms with Crippen molar-refractivity contribution in [3.63, 3.8) is 0 Å². The van der Waals surface area contributed by atoms with Crippen LogP contribution in [0.1, 0.15) is 31.0 Å². The summed E-state index contributed by atoms with van der Waals surface area (Å²) in [5.41, 5.74) is 2.58. The fourth-order valence-corrected chi connectivity index (χ4v) is 1.88. The minimum atomic E-state index is -0.277. The first-order valence-electron chi connectivity index (χ1n) is 5.52. The Morgan fingerprint density at radius 1 is 1.35 bits per heavy atom. The van der Waals surface area contributed by atoms with Crippen LogP contribution in [-0.2, 0) is 5.88 Å². The topological polar surface area (TPSA) is 17.8 Å². The Balaban J connectivity index is 2.44. The summed E-state index contributed by atoms with van der Waals surface area (Å²) in [6.07, 6.45) is 1.87. The van der Waals surface area contributed by atoms with E-state index in [1.807, 2.05) is 12.3 Å². The van der Waals surface area contributed by atoms with Crippen molar-refractivity contribution in [2.24, 2.45) is 0 Å². The van der Waals surface area contributed by atoms with Gasteiger partial charge in [0.15, 0.2) is 0 Å². The van der Waals surface area contributed by atoms with Gasteiger partial charge in [0.1, 0.15) is 5.82 Å². The van der Waals surface area contributed by atoms with Gasteiger partial charge in [0.2, 0.25) is 0 Å². The van der Waals surface area contributed by atoms with E-state index in [4.69, 9.17) is 11.6 Å². The second-order valence-corrected chi connectivity index (χ2v) is 4.51. The van der Waals surface area contributed by atoms with E-state index in [0.29, 0.717) is 5.92 Å². The molecule has 0 radical (unpaired) electrons. The molecule has 0 aliphatic carbocycles. The van der Waals surface area contributed by atoms with Crippen LogP contribution in [0.5, 0.6) is 0 Å². The van der Waals surface area contributed by atoms with Crippen LogP contribution in [0.25, 0.3) is 5.69 Å². The van der Waals surface area contributed by atoms with Crippen LogP contribution in [0.3, 0.4) is 0 Å². The molecule has 0 aliphatic heterocycles. The molecule has 2 nitrogen and oxygen atoms in total. The van der Waals surface area contributed by atoms with Crippen LogP contribution < -0.4 is 0 Å². The van der Waals surface area contributed by atoms with Crippen LogP contribution >= 0.6 is 11.6 Å². The molecule has 1 aromatic heterocycles. The van der Waals surface area contributed by atoms with Gasteiger partial charge in [0, 0.05) is 12.1 Å². The lowest BCUT2D eigenvalue weighted by molar-refractivity contribution is 0.625. The molecule has 0 spiro atoms. The highest BCUT2D eigenvalue weighted by Crippen LogP contribution is 2.19. The first-order valence-corrected chi connectivity index (χ1v) is 6.05. The minimum Gasteiger partial charge on any atom is -0.240 e. The number of nitrogens with zero attached hydrogens (tertiary/aromatic N) is 2. The lowest BCUT2D eigenvalue weighted by Crippen LogP contribution is -2.01. The molecule has 0 amide bonds. The van der Waals surface area contributed by atoms with Crippen LogP contribution in [0.2, 0.25) is 0 Å². The minimum absolute atomic E-state index is 0.268. The smallest absolute Gasteiger partial charge is 0.123 e. The first-order chi connectivity index (χ1) is 8.11. The third-order valence-electron chi connectivity index (χ3n) is 2.63. The Kier molecular flexibility index (Phi) is 3.48. The first kappa shape index (κ1) is 12.1. The molecule has 0 saturated heterocycles. The normalized spacial score (nSPS) is 11.1. The maximum atomic E-state index is 13.1. The van der Waals surface area contributed by atoms with E-state index >= 15 is 0 Å². The van der Waals surface area contributed by atoms with E-state index in [9.17, 15) is 4.39 Å². The van der Waals surface area contributed by atoms with E-state index < -0.39 is 0 Å². The van der Waals surface area contributed by atoms with E-state index in [2.05, 4.69) is 18.9 Å². The fourth-order valence-electron chi connectivity index (χ4n) is 1.66. The molecular formula is C13H14ClFN2. The van der Waals surface area contributed by atoms with Crippen molar-refractivity contribution in [2.45, 2.75) is 25.6 Å². The molecule has 17 heavy (non-hydrogen) atoms. The molecule has 1 heterocycles. The molecule has 0 bridgehead atoms. The molecule has 0 unspecified atom stereocenters. The van der Waals surface area contributed by atoms with Crippen molar-refractivity contribution in [1.82, 2.24) is 9.78 Å². The largest absolute Gasteiger partial charge is 0.240 e. The Hall–Kier alpha value is -1.35. The van der Waals surface area contributed by atoms with Gasteiger partial charge in [-0.05, 0) is 35.7 Å². The lowest BCUT2D eigenvalue weighted by atomic mass is 10.1. The van der Waals surface area contributed by atoms with Gasteiger partial charge in [0.25, 0.3) is 0 Å². The molecule has 4 heteroatoms. The number of benzene rings is 1. The van der Waals surface area contributed by atoms with Crippen molar-refractivity contribution in [3.8, 4) is 5.69 Å². The Morgan fingerprint density at radius 3 is 2.71 bits per heavy atom. The molecule has 2 rings (SSSR count). The van der Waals surface area contributed by atoms with E-state index in [1.165, 1.54) is 12.1 Å². The molecule has 0 fully saturated rings. The molecule has 1 aromatic carbocycles. The van der Waals surface area contributed by atoms with Gasteiger partial charge in [-0.15, -0.1) is 11.6 Å². The zero-order valence-electron chi connectivity index (χ0n) is 9.82. The number of halogens is 2. The Morgan fingerprint density at radius 2 is 2.12 bits per heavy atom. The predicted octanol–water partition coefficient (Wildman–Crippen LogP) is 3.87. The highest BCUT2D eigenvalue weighted by Gasteiger charge is 2.08. The van der Waals surface area contributed by atoms with Crippen molar-refractivity contribution in [1.29, 1.82) is 0 Å². The van der Waals surface area contributed by atoms with Crippen LogP contribution in [0.15, 0.2) is 30.5 Å². The van der Waals surface area contributed by atoms with Crippen LogP contribution in [0.4, 0.5) is 4.39 Å². The highest BCUT2D eigenvalue weighted by molar-refractivity contribution is 6.17. The summed E-state index contributed by atoms with van der Waals surface area (Å²) in [5.74, 6) is 0.362. The fraction of sp³-hybridized carbons (Fsp3) is 0.308. The summed E-state index contributed by atoms with van der Waals surface area (Å²) in [6, 6.07) is 6.53. The van der Waals surface area contributed by atoms with Gasteiger partial charge < -0.3 is 0 Å². The summed E-state index contributed by atoms with van der Waals surface area (Å²) in [7, 11) is 0. The standard InChI is InChI=1S/C13H14ClFN2/c1-9(2)12-5-6-17(16-12)13-4-3-11(15)7-10(13)8-14/h3-7,9H,8H2,1-2H3.